The Morgan fingerprint density at radius 2 is 1.87 bits per heavy atom. The first-order valence-corrected chi connectivity index (χ1v) is 10.3. The van der Waals surface area contributed by atoms with Crippen LogP contribution in [0.5, 0.6) is 0 Å². The van der Waals surface area contributed by atoms with Gasteiger partial charge in [-0.3, -0.25) is 14.2 Å². The third kappa shape index (κ3) is 4.83. The van der Waals surface area contributed by atoms with Crippen LogP contribution in [0.3, 0.4) is 0 Å². The van der Waals surface area contributed by atoms with Crippen LogP contribution >= 0.6 is 15.9 Å². The minimum absolute atomic E-state index is 0.112. The number of carbonyl (C=O) groups excluding carboxylic acids is 1. The Morgan fingerprint density at radius 1 is 1.07 bits per heavy atom. The molecule has 0 aliphatic heterocycles. The molecule has 2 heterocycles. The van der Waals surface area contributed by atoms with Crippen molar-refractivity contribution in [3.8, 4) is 0 Å². The van der Waals surface area contributed by atoms with Gasteiger partial charge in [-0.1, -0.05) is 40.2 Å². The molecule has 0 bridgehead atoms. The van der Waals surface area contributed by atoms with Crippen molar-refractivity contribution in [2.45, 2.75) is 26.1 Å². The molecular formula is C22H20BrN5O2. The number of aromatic nitrogens is 4. The summed E-state index contributed by atoms with van der Waals surface area (Å²) in [6, 6.07) is 13.5. The lowest BCUT2D eigenvalue weighted by molar-refractivity contribution is -0.121. The van der Waals surface area contributed by atoms with Crippen LogP contribution in [0, 0.1) is 0 Å². The van der Waals surface area contributed by atoms with Gasteiger partial charge in [0.2, 0.25) is 5.91 Å². The lowest BCUT2D eigenvalue weighted by Gasteiger charge is -2.09. The number of hydrogen-bond acceptors (Lipinski definition) is 4. The molecule has 0 spiro atoms. The standard InChI is InChI=1S/C22H20BrN5O2/c23-18-5-6-20-19(11-18)22(30)28(15-26-20)9-7-21(29)25-12-16-1-3-17(4-2-16)13-27-10-8-24-14-27/h1-6,8,10-11,14-15H,7,9,12-13H2,(H,25,29). The molecule has 8 heteroatoms. The first-order chi connectivity index (χ1) is 14.6. The van der Waals surface area contributed by atoms with Crippen LogP contribution in [-0.2, 0) is 24.4 Å². The van der Waals surface area contributed by atoms with E-state index in [1.54, 1.807) is 24.7 Å². The number of carbonyl (C=O) groups is 1. The van der Waals surface area contributed by atoms with Gasteiger partial charge in [-0.2, -0.15) is 0 Å². The fourth-order valence-electron chi connectivity index (χ4n) is 3.16. The monoisotopic (exact) mass is 465 g/mol. The van der Waals surface area contributed by atoms with Gasteiger partial charge in [0.15, 0.2) is 0 Å². The maximum Gasteiger partial charge on any atom is 0.261 e. The minimum atomic E-state index is -0.150. The van der Waals surface area contributed by atoms with Crippen LogP contribution < -0.4 is 10.9 Å². The van der Waals surface area contributed by atoms with Crippen LogP contribution in [0.1, 0.15) is 17.5 Å². The molecule has 0 radical (unpaired) electrons. The van der Waals surface area contributed by atoms with E-state index in [0.717, 1.165) is 22.1 Å². The molecule has 4 rings (SSSR count). The first kappa shape index (κ1) is 20.0. The Balaban J connectivity index is 1.30. The maximum atomic E-state index is 12.6. The second kappa shape index (κ2) is 9.04. The molecule has 1 amide bonds. The molecule has 2 aromatic heterocycles. The van der Waals surface area contributed by atoms with Gasteiger partial charge < -0.3 is 9.88 Å². The Bertz CT molecular complexity index is 1220. The van der Waals surface area contributed by atoms with E-state index in [-0.39, 0.29) is 24.4 Å². The van der Waals surface area contributed by atoms with Crippen molar-refractivity contribution in [2.24, 2.45) is 0 Å². The SMILES string of the molecule is O=C(CCn1cnc2ccc(Br)cc2c1=O)NCc1ccc(Cn2ccnc2)cc1. The molecule has 0 aliphatic carbocycles. The second-order valence-corrected chi connectivity index (χ2v) is 7.90. The fourth-order valence-corrected chi connectivity index (χ4v) is 3.52. The predicted octanol–water partition coefficient (Wildman–Crippen LogP) is 3.11. The quantitative estimate of drug-likeness (QED) is 0.454. The zero-order chi connectivity index (χ0) is 20.9. The van der Waals surface area contributed by atoms with Gasteiger partial charge in [0.05, 0.1) is 23.6 Å². The van der Waals surface area contributed by atoms with E-state index in [1.165, 1.54) is 10.9 Å². The number of nitrogens with zero attached hydrogens (tertiary/aromatic N) is 4. The first-order valence-electron chi connectivity index (χ1n) is 9.53. The van der Waals surface area contributed by atoms with Crippen LogP contribution in [0.4, 0.5) is 0 Å². The topological polar surface area (TPSA) is 81.8 Å². The summed E-state index contributed by atoms with van der Waals surface area (Å²) in [4.78, 5) is 33.1. The number of benzene rings is 2. The highest BCUT2D eigenvalue weighted by Gasteiger charge is 2.07. The molecule has 4 aromatic rings. The van der Waals surface area contributed by atoms with E-state index in [1.807, 2.05) is 41.1 Å². The van der Waals surface area contributed by atoms with Gasteiger partial charge in [-0.25, -0.2) is 9.97 Å². The average Bonchev–Trinajstić information content (AvgIpc) is 3.26. The summed E-state index contributed by atoms with van der Waals surface area (Å²) in [5.74, 6) is -0.112. The molecule has 2 aromatic carbocycles. The zero-order valence-corrected chi connectivity index (χ0v) is 17.7. The molecule has 7 nitrogen and oxygen atoms in total. The van der Waals surface area contributed by atoms with Crippen molar-refractivity contribution < 1.29 is 4.79 Å². The molecule has 0 atom stereocenters. The van der Waals surface area contributed by atoms with Gasteiger partial charge in [-0.05, 0) is 29.3 Å². The molecule has 0 unspecified atom stereocenters. The number of nitrogens with one attached hydrogen (secondary N) is 1. The smallest absolute Gasteiger partial charge is 0.261 e. The largest absolute Gasteiger partial charge is 0.352 e. The molecule has 0 saturated carbocycles. The lowest BCUT2D eigenvalue weighted by Crippen LogP contribution is -2.27. The molecule has 0 saturated heterocycles. The molecule has 1 N–H and O–H groups in total. The van der Waals surface area contributed by atoms with Gasteiger partial charge in [0, 0.05) is 42.9 Å². The lowest BCUT2D eigenvalue weighted by atomic mass is 10.1. The average molecular weight is 466 g/mol. The number of aryl methyl sites for hydroxylation is 1. The van der Waals surface area contributed by atoms with Crippen LogP contribution in [0.25, 0.3) is 10.9 Å². The molecule has 152 valence electrons. The highest BCUT2D eigenvalue weighted by atomic mass is 79.9. The third-order valence-corrected chi connectivity index (χ3v) is 5.30. The van der Waals surface area contributed by atoms with Crippen molar-refractivity contribution in [3.05, 3.63) is 93.5 Å². The predicted molar refractivity (Wildman–Crippen MR) is 118 cm³/mol. The van der Waals surface area contributed by atoms with E-state index in [4.69, 9.17) is 0 Å². The van der Waals surface area contributed by atoms with Crippen LogP contribution in [0.15, 0.2) is 76.8 Å². The third-order valence-electron chi connectivity index (χ3n) is 4.80. The number of hydrogen-bond donors (Lipinski definition) is 1. The fraction of sp³-hybridized carbons (Fsp3) is 0.182. The van der Waals surface area contributed by atoms with E-state index in [0.29, 0.717) is 17.4 Å². The van der Waals surface area contributed by atoms with Crippen molar-refractivity contribution in [1.29, 1.82) is 0 Å². The number of imidazole rings is 1. The zero-order valence-electron chi connectivity index (χ0n) is 16.2. The summed E-state index contributed by atoms with van der Waals surface area (Å²) in [6.07, 6.45) is 7.16. The summed E-state index contributed by atoms with van der Waals surface area (Å²) >= 11 is 3.37. The van der Waals surface area contributed by atoms with Gasteiger partial charge in [-0.15, -0.1) is 0 Å². The van der Waals surface area contributed by atoms with Crippen molar-refractivity contribution in [2.75, 3.05) is 0 Å². The van der Waals surface area contributed by atoms with Crippen LogP contribution in [0.2, 0.25) is 0 Å². The molecule has 0 fully saturated rings. The minimum Gasteiger partial charge on any atom is -0.352 e. The summed E-state index contributed by atoms with van der Waals surface area (Å²) in [6.45, 7) is 1.49. The number of halogens is 1. The number of fused-ring (bicyclic) bond motifs is 1. The Kier molecular flexibility index (Phi) is 6.04. The number of amides is 1. The summed E-state index contributed by atoms with van der Waals surface area (Å²) in [5, 5.41) is 3.43. The van der Waals surface area contributed by atoms with Crippen molar-refractivity contribution in [3.63, 3.8) is 0 Å². The Morgan fingerprint density at radius 3 is 2.63 bits per heavy atom. The summed E-state index contributed by atoms with van der Waals surface area (Å²) in [7, 11) is 0. The van der Waals surface area contributed by atoms with E-state index in [9.17, 15) is 9.59 Å². The molecular weight excluding hydrogens is 446 g/mol. The second-order valence-electron chi connectivity index (χ2n) is 6.98. The molecule has 30 heavy (non-hydrogen) atoms. The van der Waals surface area contributed by atoms with Gasteiger partial charge in [0.25, 0.3) is 5.56 Å². The highest BCUT2D eigenvalue weighted by molar-refractivity contribution is 9.10. The van der Waals surface area contributed by atoms with Gasteiger partial charge >= 0.3 is 0 Å². The highest BCUT2D eigenvalue weighted by Crippen LogP contribution is 2.14. The maximum absolute atomic E-state index is 12.6. The summed E-state index contributed by atoms with van der Waals surface area (Å²) < 4.78 is 4.29. The normalized spacial score (nSPS) is 11.0. The van der Waals surface area contributed by atoms with E-state index in [2.05, 4.69) is 31.2 Å². The molecule has 0 aliphatic rings. The van der Waals surface area contributed by atoms with Crippen molar-refractivity contribution >= 4 is 32.7 Å². The van der Waals surface area contributed by atoms with E-state index < -0.39 is 0 Å². The van der Waals surface area contributed by atoms with Gasteiger partial charge in [0.1, 0.15) is 0 Å². The van der Waals surface area contributed by atoms with E-state index >= 15 is 0 Å². The Hall–Kier alpha value is -3.26. The van der Waals surface area contributed by atoms with Crippen molar-refractivity contribution in [1.82, 2.24) is 24.4 Å². The summed E-state index contributed by atoms with van der Waals surface area (Å²) in [5.41, 5.74) is 2.67. The number of rotatable bonds is 7. The Labute approximate surface area is 181 Å². The van der Waals surface area contributed by atoms with Crippen LogP contribution in [-0.4, -0.2) is 25.0 Å².